The van der Waals surface area contributed by atoms with Crippen molar-refractivity contribution in [1.82, 2.24) is 4.98 Å². The van der Waals surface area contributed by atoms with Crippen LogP contribution in [-0.4, -0.2) is 22.5 Å². The second-order valence-electron chi connectivity index (χ2n) is 4.29. The van der Waals surface area contributed by atoms with Gasteiger partial charge in [0.2, 0.25) is 0 Å². The highest BCUT2D eigenvalue weighted by Crippen LogP contribution is 2.31. The molecular weight excluding hydrogens is 202 g/mol. The lowest BCUT2D eigenvalue weighted by Crippen LogP contribution is -2.20. The molecule has 1 aliphatic carbocycles. The molecule has 3 nitrogen and oxygen atoms in total. The molecule has 1 unspecified atom stereocenters. The summed E-state index contributed by atoms with van der Waals surface area (Å²) in [4.78, 5) is 16.3. The van der Waals surface area contributed by atoms with Crippen LogP contribution < -0.4 is 0 Å². The van der Waals surface area contributed by atoms with Gasteiger partial charge >= 0.3 is 0 Å². The van der Waals surface area contributed by atoms with E-state index in [4.69, 9.17) is 5.11 Å². The maximum Gasteiger partial charge on any atom is 0.142 e. The third-order valence-corrected chi connectivity index (χ3v) is 3.17. The van der Waals surface area contributed by atoms with Gasteiger partial charge in [-0.3, -0.25) is 9.78 Å². The Morgan fingerprint density at radius 1 is 1.56 bits per heavy atom. The smallest absolute Gasteiger partial charge is 0.142 e. The molecule has 0 amide bonds. The van der Waals surface area contributed by atoms with E-state index in [0.717, 1.165) is 25.0 Å². The molecule has 0 spiro atoms. The first kappa shape index (κ1) is 11.3. The van der Waals surface area contributed by atoms with Gasteiger partial charge in [0.05, 0.1) is 11.6 Å². The molecule has 0 aromatic carbocycles. The van der Waals surface area contributed by atoms with E-state index < -0.39 is 0 Å². The highest BCUT2D eigenvalue weighted by atomic mass is 16.3. The van der Waals surface area contributed by atoms with Crippen LogP contribution in [0, 0.1) is 0 Å². The van der Waals surface area contributed by atoms with Gasteiger partial charge in [-0.15, -0.1) is 0 Å². The molecule has 16 heavy (non-hydrogen) atoms. The van der Waals surface area contributed by atoms with E-state index in [9.17, 15) is 4.79 Å². The molecular formula is C13H17NO2. The van der Waals surface area contributed by atoms with Crippen molar-refractivity contribution in [2.24, 2.45) is 0 Å². The fraction of sp³-hybridized carbons (Fsp3) is 0.538. The maximum atomic E-state index is 12.0. The highest BCUT2D eigenvalue weighted by Gasteiger charge is 2.26. The minimum absolute atomic E-state index is 0.0310. The van der Waals surface area contributed by atoms with Crippen molar-refractivity contribution in [3.63, 3.8) is 0 Å². The summed E-state index contributed by atoms with van der Waals surface area (Å²) in [5, 5.41) is 8.74. The van der Waals surface area contributed by atoms with Crippen molar-refractivity contribution >= 4 is 5.78 Å². The summed E-state index contributed by atoms with van der Waals surface area (Å²) in [5.41, 5.74) is 2.19. The van der Waals surface area contributed by atoms with Crippen LogP contribution in [0.25, 0.3) is 0 Å². The number of Topliss-reactive ketones (excluding diaryl/α,β-unsaturated/α-hetero) is 1. The Labute approximate surface area is 95.5 Å². The lowest BCUT2D eigenvalue weighted by Gasteiger charge is -2.22. The standard InChI is InChI=1S/C13H17NO2/c15-9-3-7-12(16)11-6-1-4-10-5-2-8-14-13(10)11/h2,5,8,11,15H,1,3-4,6-7,9H2. The molecule has 2 rings (SSSR count). The molecule has 0 fully saturated rings. The van der Waals surface area contributed by atoms with Crippen LogP contribution in [0.2, 0.25) is 0 Å². The van der Waals surface area contributed by atoms with Crippen molar-refractivity contribution in [1.29, 1.82) is 0 Å². The van der Waals surface area contributed by atoms with Crippen LogP contribution in [0.1, 0.15) is 42.9 Å². The molecule has 0 radical (unpaired) electrons. The zero-order chi connectivity index (χ0) is 11.4. The molecule has 86 valence electrons. The van der Waals surface area contributed by atoms with Gasteiger partial charge in [0, 0.05) is 19.2 Å². The Hall–Kier alpha value is -1.22. The second-order valence-corrected chi connectivity index (χ2v) is 4.29. The topological polar surface area (TPSA) is 50.2 Å². The molecule has 0 saturated carbocycles. The van der Waals surface area contributed by atoms with E-state index in [1.807, 2.05) is 6.07 Å². The number of aryl methyl sites for hydroxylation is 1. The number of nitrogens with zero attached hydrogens (tertiary/aromatic N) is 1. The van der Waals surface area contributed by atoms with E-state index in [0.29, 0.717) is 12.8 Å². The number of aromatic nitrogens is 1. The fourth-order valence-corrected chi connectivity index (χ4v) is 2.35. The first-order valence-corrected chi connectivity index (χ1v) is 5.90. The summed E-state index contributed by atoms with van der Waals surface area (Å²) in [6.45, 7) is 0.0908. The van der Waals surface area contributed by atoms with Crippen LogP contribution >= 0.6 is 0 Å². The summed E-state index contributed by atoms with van der Waals surface area (Å²) in [6, 6.07) is 3.99. The predicted octanol–water partition coefficient (Wildman–Crippen LogP) is 1.84. The number of ketones is 1. The maximum absolute atomic E-state index is 12.0. The lowest BCUT2D eigenvalue weighted by atomic mass is 9.83. The van der Waals surface area contributed by atoms with Crippen molar-refractivity contribution in [2.45, 2.75) is 38.0 Å². The number of fused-ring (bicyclic) bond motifs is 1. The Morgan fingerprint density at radius 3 is 3.25 bits per heavy atom. The van der Waals surface area contributed by atoms with Crippen LogP contribution in [0.5, 0.6) is 0 Å². The molecule has 1 aliphatic rings. The predicted molar refractivity (Wildman–Crippen MR) is 61.2 cm³/mol. The molecule has 1 aromatic rings. The van der Waals surface area contributed by atoms with Crippen molar-refractivity contribution in [3.05, 3.63) is 29.6 Å². The van der Waals surface area contributed by atoms with Gasteiger partial charge in [0.15, 0.2) is 0 Å². The van der Waals surface area contributed by atoms with Crippen LogP contribution in [0.4, 0.5) is 0 Å². The Kier molecular flexibility index (Phi) is 3.67. The monoisotopic (exact) mass is 219 g/mol. The highest BCUT2D eigenvalue weighted by molar-refractivity contribution is 5.85. The van der Waals surface area contributed by atoms with Gasteiger partial charge in [-0.2, -0.15) is 0 Å². The first-order chi connectivity index (χ1) is 7.83. The second kappa shape index (κ2) is 5.21. The average molecular weight is 219 g/mol. The zero-order valence-electron chi connectivity index (χ0n) is 9.35. The van der Waals surface area contributed by atoms with Gasteiger partial charge < -0.3 is 5.11 Å². The lowest BCUT2D eigenvalue weighted by molar-refractivity contribution is -0.121. The molecule has 0 bridgehead atoms. The summed E-state index contributed by atoms with van der Waals surface area (Å²) in [6.07, 6.45) is 5.81. The summed E-state index contributed by atoms with van der Waals surface area (Å²) in [7, 11) is 0. The summed E-state index contributed by atoms with van der Waals surface area (Å²) >= 11 is 0. The number of hydrogen-bond donors (Lipinski definition) is 1. The van der Waals surface area contributed by atoms with Gasteiger partial charge in [0.1, 0.15) is 5.78 Å². The SMILES string of the molecule is O=C(CCCO)C1CCCc2cccnc21. The van der Waals surface area contributed by atoms with E-state index in [2.05, 4.69) is 11.1 Å². The number of rotatable bonds is 4. The number of carbonyl (C=O) groups is 1. The van der Waals surface area contributed by atoms with Gasteiger partial charge in [-0.1, -0.05) is 6.07 Å². The number of aliphatic hydroxyl groups is 1. The van der Waals surface area contributed by atoms with Gasteiger partial charge in [-0.05, 0) is 37.3 Å². The molecule has 1 aromatic heterocycles. The van der Waals surface area contributed by atoms with E-state index in [-0.39, 0.29) is 18.3 Å². The summed E-state index contributed by atoms with van der Waals surface area (Å²) in [5.74, 6) is 0.199. The van der Waals surface area contributed by atoms with Crippen LogP contribution in [0.3, 0.4) is 0 Å². The number of aliphatic hydroxyl groups excluding tert-OH is 1. The molecule has 1 N–H and O–H groups in total. The van der Waals surface area contributed by atoms with Crippen molar-refractivity contribution in [3.8, 4) is 0 Å². The van der Waals surface area contributed by atoms with E-state index >= 15 is 0 Å². The van der Waals surface area contributed by atoms with Crippen molar-refractivity contribution in [2.75, 3.05) is 6.61 Å². The third-order valence-electron chi connectivity index (χ3n) is 3.17. The molecule has 0 saturated heterocycles. The molecule has 1 heterocycles. The van der Waals surface area contributed by atoms with Gasteiger partial charge in [-0.25, -0.2) is 0 Å². The van der Waals surface area contributed by atoms with E-state index in [1.54, 1.807) is 6.20 Å². The minimum atomic E-state index is -0.0310. The normalized spacial score (nSPS) is 19.2. The molecule has 0 aliphatic heterocycles. The Morgan fingerprint density at radius 2 is 2.44 bits per heavy atom. The number of pyridine rings is 1. The first-order valence-electron chi connectivity index (χ1n) is 5.90. The quantitative estimate of drug-likeness (QED) is 0.840. The molecule has 3 heteroatoms. The van der Waals surface area contributed by atoms with Crippen molar-refractivity contribution < 1.29 is 9.90 Å². The number of hydrogen-bond acceptors (Lipinski definition) is 3. The number of carbonyl (C=O) groups excluding carboxylic acids is 1. The van der Waals surface area contributed by atoms with Crippen LogP contribution in [-0.2, 0) is 11.2 Å². The summed E-state index contributed by atoms with van der Waals surface area (Å²) < 4.78 is 0. The average Bonchev–Trinajstić information content (AvgIpc) is 2.35. The molecule has 1 atom stereocenters. The third kappa shape index (κ3) is 2.30. The Balaban J connectivity index is 2.15. The van der Waals surface area contributed by atoms with Crippen LogP contribution in [0.15, 0.2) is 18.3 Å². The fourth-order valence-electron chi connectivity index (χ4n) is 2.35. The zero-order valence-corrected chi connectivity index (χ0v) is 9.35. The minimum Gasteiger partial charge on any atom is -0.396 e. The van der Waals surface area contributed by atoms with Gasteiger partial charge in [0.25, 0.3) is 0 Å². The van der Waals surface area contributed by atoms with E-state index in [1.165, 1.54) is 5.56 Å². The largest absolute Gasteiger partial charge is 0.396 e. The Bertz CT molecular complexity index is 376.